The number of rotatable bonds is 5. The number of benzene rings is 1. The maximum absolute atomic E-state index is 11.9. The van der Waals surface area contributed by atoms with Gasteiger partial charge >= 0.3 is 0 Å². The number of nitrogens with zero attached hydrogens (tertiary/aromatic N) is 3. The van der Waals surface area contributed by atoms with E-state index in [0.29, 0.717) is 5.92 Å². The molecule has 0 radical (unpaired) electrons. The Bertz CT molecular complexity index is 1130. The molecule has 0 saturated carbocycles. The molecule has 5 rings (SSSR count). The average Bonchev–Trinajstić information content (AvgIpc) is 3.37. The quantitative estimate of drug-likeness (QED) is 0.497. The summed E-state index contributed by atoms with van der Waals surface area (Å²) in [7, 11) is 0. The molecule has 2 aromatic heterocycles. The van der Waals surface area contributed by atoms with Crippen molar-refractivity contribution in [2.24, 2.45) is 0 Å². The highest BCUT2D eigenvalue weighted by Crippen LogP contribution is 2.36. The van der Waals surface area contributed by atoms with Gasteiger partial charge in [0.1, 0.15) is 0 Å². The Morgan fingerprint density at radius 3 is 2.84 bits per heavy atom. The molecule has 0 spiro atoms. The topological polar surface area (TPSA) is 49.6 Å². The predicted molar refractivity (Wildman–Crippen MR) is 130 cm³/mol. The summed E-state index contributed by atoms with van der Waals surface area (Å²) in [5, 5.41) is 6.17. The molecule has 1 fully saturated rings. The first-order valence-corrected chi connectivity index (χ1v) is 12.9. The summed E-state index contributed by atoms with van der Waals surface area (Å²) in [6, 6.07) is 5.74. The maximum Gasteiger partial charge on any atom is 0.219 e. The van der Waals surface area contributed by atoms with Crippen LogP contribution in [0.25, 0.3) is 11.0 Å². The molecule has 0 bridgehead atoms. The van der Waals surface area contributed by atoms with Gasteiger partial charge in [0.25, 0.3) is 0 Å². The van der Waals surface area contributed by atoms with Crippen LogP contribution in [-0.2, 0) is 30.6 Å². The zero-order valence-corrected chi connectivity index (χ0v) is 20.4. The lowest BCUT2D eigenvalue weighted by Crippen LogP contribution is -2.34. The van der Waals surface area contributed by atoms with Crippen LogP contribution >= 0.6 is 22.9 Å². The van der Waals surface area contributed by atoms with Gasteiger partial charge in [0.05, 0.1) is 5.69 Å². The van der Waals surface area contributed by atoms with Gasteiger partial charge in [-0.15, -0.1) is 11.3 Å². The van der Waals surface area contributed by atoms with Gasteiger partial charge < -0.3 is 14.3 Å². The Labute approximate surface area is 198 Å². The van der Waals surface area contributed by atoms with Crippen LogP contribution in [0.1, 0.15) is 59.2 Å². The third-order valence-electron chi connectivity index (χ3n) is 7.13. The number of thiophene rings is 1. The van der Waals surface area contributed by atoms with Gasteiger partial charge in [-0.2, -0.15) is 0 Å². The van der Waals surface area contributed by atoms with Crippen molar-refractivity contribution >= 4 is 39.8 Å². The number of amides is 1. The molecule has 4 heterocycles. The standard InChI is InChI=1S/C25H30ClN3O2S/c1-3-19-21-15-29(16(2)30)13-9-24(21)32-23(19)8-12-28-10-6-17(7-11-28)25-20-14-18(26)4-5-22(20)31-27-25/h4-5,14,17H,3,6-13,15H2,1-2H3. The minimum Gasteiger partial charge on any atom is -0.356 e. The summed E-state index contributed by atoms with van der Waals surface area (Å²) in [5.41, 5.74) is 4.82. The molecule has 170 valence electrons. The van der Waals surface area contributed by atoms with E-state index in [4.69, 9.17) is 16.1 Å². The first kappa shape index (κ1) is 21.9. The molecule has 32 heavy (non-hydrogen) atoms. The Kier molecular flexibility index (Phi) is 6.28. The summed E-state index contributed by atoms with van der Waals surface area (Å²) >= 11 is 8.19. The largest absolute Gasteiger partial charge is 0.356 e. The van der Waals surface area contributed by atoms with Crippen LogP contribution in [0.2, 0.25) is 5.02 Å². The van der Waals surface area contributed by atoms with E-state index in [2.05, 4.69) is 17.0 Å². The molecule has 2 aliphatic rings. The monoisotopic (exact) mass is 471 g/mol. The summed E-state index contributed by atoms with van der Waals surface area (Å²) in [4.78, 5) is 19.5. The highest BCUT2D eigenvalue weighted by atomic mass is 35.5. The van der Waals surface area contributed by atoms with Crippen molar-refractivity contribution in [1.82, 2.24) is 15.0 Å². The van der Waals surface area contributed by atoms with Crippen LogP contribution in [0.4, 0.5) is 0 Å². The van der Waals surface area contributed by atoms with Crippen LogP contribution in [-0.4, -0.2) is 47.0 Å². The highest BCUT2D eigenvalue weighted by molar-refractivity contribution is 7.12. The number of aromatic nitrogens is 1. The number of hydrogen-bond donors (Lipinski definition) is 0. The van der Waals surface area contributed by atoms with E-state index >= 15 is 0 Å². The lowest BCUT2D eigenvalue weighted by molar-refractivity contribution is -0.129. The van der Waals surface area contributed by atoms with E-state index in [1.165, 1.54) is 20.9 Å². The molecule has 1 saturated heterocycles. The van der Waals surface area contributed by atoms with E-state index in [1.807, 2.05) is 34.4 Å². The second kappa shape index (κ2) is 9.16. The second-order valence-electron chi connectivity index (χ2n) is 9.02. The number of fused-ring (bicyclic) bond motifs is 2. The SMILES string of the molecule is CCc1c(CCN2CCC(c3noc4ccc(Cl)cc34)CC2)sc2c1CN(C(C)=O)CC2. The van der Waals surface area contributed by atoms with Crippen molar-refractivity contribution in [3.63, 3.8) is 0 Å². The second-order valence-corrected chi connectivity index (χ2v) is 10.7. The maximum atomic E-state index is 11.9. The number of carbonyl (C=O) groups excluding carboxylic acids is 1. The molecule has 0 N–H and O–H groups in total. The van der Waals surface area contributed by atoms with Gasteiger partial charge in [0, 0.05) is 52.6 Å². The third-order valence-corrected chi connectivity index (χ3v) is 8.76. The van der Waals surface area contributed by atoms with Gasteiger partial charge in [0.15, 0.2) is 5.58 Å². The fourth-order valence-corrected chi connectivity index (χ4v) is 6.85. The molecule has 5 nitrogen and oxygen atoms in total. The summed E-state index contributed by atoms with van der Waals surface area (Å²) in [6.45, 7) is 8.87. The fourth-order valence-electron chi connectivity index (χ4n) is 5.30. The molecule has 1 aromatic carbocycles. The number of hydrogen-bond acceptors (Lipinski definition) is 5. The fraction of sp³-hybridized carbons (Fsp3) is 0.520. The Balaban J connectivity index is 1.21. The molecule has 0 unspecified atom stereocenters. The first-order valence-electron chi connectivity index (χ1n) is 11.7. The van der Waals surface area contributed by atoms with E-state index in [1.54, 1.807) is 6.92 Å². The molecule has 0 aliphatic carbocycles. The number of likely N-dealkylation sites (tertiary alicyclic amines) is 1. The summed E-state index contributed by atoms with van der Waals surface area (Å²) in [5.74, 6) is 0.624. The molecule has 2 aliphatic heterocycles. The van der Waals surface area contributed by atoms with Crippen molar-refractivity contribution in [2.45, 2.75) is 58.4 Å². The van der Waals surface area contributed by atoms with E-state index in [-0.39, 0.29) is 5.91 Å². The van der Waals surface area contributed by atoms with E-state index in [0.717, 1.165) is 86.5 Å². The smallest absolute Gasteiger partial charge is 0.219 e. The summed E-state index contributed by atoms with van der Waals surface area (Å²) < 4.78 is 5.53. The molecule has 3 aromatic rings. The summed E-state index contributed by atoms with van der Waals surface area (Å²) in [6.07, 6.45) is 5.37. The lowest BCUT2D eigenvalue weighted by Gasteiger charge is -2.31. The first-order chi connectivity index (χ1) is 15.5. The van der Waals surface area contributed by atoms with Gasteiger partial charge in [-0.05, 0) is 74.5 Å². The molecular formula is C25H30ClN3O2S. The van der Waals surface area contributed by atoms with Crippen molar-refractivity contribution in [2.75, 3.05) is 26.2 Å². The molecule has 7 heteroatoms. The molecule has 1 amide bonds. The highest BCUT2D eigenvalue weighted by Gasteiger charge is 2.27. The minimum absolute atomic E-state index is 0.190. The van der Waals surface area contributed by atoms with Gasteiger partial charge in [-0.3, -0.25) is 4.79 Å². The van der Waals surface area contributed by atoms with Crippen molar-refractivity contribution < 1.29 is 9.32 Å². The number of piperidine rings is 1. The normalized spacial score (nSPS) is 17.8. The Hall–Kier alpha value is -1.89. The van der Waals surface area contributed by atoms with Crippen LogP contribution in [0.5, 0.6) is 0 Å². The average molecular weight is 472 g/mol. The predicted octanol–water partition coefficient (Wildman–Crippen LogP) is 5.43. The van der Waals surface area contributed by atoms with Gasteiger partial charge in [-0.25, -0.2) is 0 Å². The van der Waals surface area contributed by atoms with E-state index in [9.17, 15) is 4.79 Å². The van der Waals surface area contributed by atoms with Crippen molar-refractivity contribution in [1.29, 1.82) is 0 Å². The zero-order valence-electron chi connectivity index (χ0n) is 18.8. The Morgan fingerprint density at radius 2 is 2.09 bits per heavy atom. The van der Waals surface area contributed by atoms with Crippen LogP contribution in [0, 0.1) is 0 Å². The van der Waals surface area contributed by atoms with E-state index < -0.39 is 0 Å². The third kappa shape index (κ3) is 4.20. The molecular weight excluding hydrogens is 442 g/mol. The molecule has 0 atom stereocenters. The van der Waals surface area contributed by atoms with Crippen molar-refractivity contribution in [3.8, 4) is 0 Å². The van der Waals surface area contributed by atoms with Crippen LogP contribution < -0.4 is 0 Å². The van der Waals surface area contributed by atoms with Crippen LogP contribution in [0.15, 0.2) is 22.7 Å². The minimum atomic E-state index is 0.190. The zero-order chi connectivity index (χ0) is 22.2. The van der Waals surface area contributed by atoms with Gasteiger partial charge in [-0.1, -0.05) is 23.7 Å². The Morgan fingerprint density at radius 1 is 1.28 bits per heavy atom. The number of halogens is 1. The van der Waals surface area contributed by atoms with Gasteiger partial charge in [0.2, 0.25) is 5.91 Å². The number of carbonyl (C=O) groups is 1. The lowest BCUT2D eigenvalue weighted by atomic mass is 9.91. The van der Waals surface area contributed by atoms with Crippen LogP contribution in [0.3, 0.4) is 0 Å². The van der Waals surface area contributed by atoms with Crippen molar-refractivity contribution in [3.05, 3.63) is 49.8 Å².